The van der Waals surface area contributed by atoms with Crippen LogP contribution >= 0.6 is 0 Å². The summed E-state index contributed by atoms with van der Waals surface area (Å²) in [5.74, 6) is 0. The van der Waals surface area contributed by atoms with Gasteiger partial charge >= 0.3 is 0 Å². The van der Waals surface area contributed by atoms with Crippen molar-refractivity contribution in [3.8, 4) is 0 Å². The highest BCUT2D eigenvalue weighted by atomic mass is 32.2. The highest BCUT2D eigenvalue weighted by Crippen LogP contribution is 2.11. The van der Waals surface area contributed by atoms with Crippen molar-refractivity contribution >= 4 is 20.4 Å². The predicted octanol–water partition coefficient (Wildman–Crippen LogP) is -0.936. The van der Waals surface area contributed by atoms with E-state index in [0.29, 0.717) is 10.2 Å². The normalized spacial score (nSPS) is 14.1. The molecule has 0 radical (unpaired) electrons. The van der Waals surface area contributed by atoms with Crippen LogP contribution in [-0.2, 0) is 14.3 Å². The summed E-state index contributed by atoms with van der Waals surface area (Å²) >= 11 is 0. The predicted molar refractivity (Wildman–Crippen MR) is 39.9 cm³/mol. The van der Waals surface area contributed by atoms with Crippen LogP contribution in [-0.4, -0.2) is 30.1 Å². The van der Waals surface area contributed by atoms with Crippen molar-refractivity contribution < 1.29 is 12.6 Å². The highest BCUT2D eigenvalue weighted by Gasteiger charge is 2.28. The molecule has 5 heteroatoms. The lowest BCUT2D eigenvalue weighted by Gasteiger charge is -2.15. The van der Waals surface area contributed by atoms with Gasteiger partial charge in [0.25, 0.3) is 10.1 Å². The second kappa shape index (κ2) is 2.40. The van der Waals surface area contributed by atoms with Crippen LogP contribution in [0.5, 0.6) is 0 Å². The average Bonchev–Trinajstić information content (AvgIpc) is 1.64. The largest absolute Gasteiger partial charge is 0.273 e. The third-order valence-corrected chi connectivity index (χ3v) is 4.41. The second-order valence-electron chi connectivity index (χ2n) is 2.73. The monoisotopic (exact) mass is 168 g/mol. The van der Waals surface area contributed by atoms with E-state index in [4.69, 9.17) is 0 Å². The Morgan fingerprint density at radius 2 is 1.78 bits per heavy atom. The lowest BCUT2D eigenvalue weighted by atomic mass is 10.5. The summed E-state index contributed by atoms with van der Waals surface area (Å²) in [5.41, 5.74) is 0. The Balaban J connectivity index is 4.57. The van der Waals surface area contributed by atoms with Crippen LogP contribution in [0.2, 0.25) is 0 Å². The summed E-state index contributed by atoms with van der Waals surface area (Å²) in [7, 11) is -1.50. The van der Waals surface area contributed by atoms with Crippen molar-refractivity contribution in [1.29, 1.82) is 0 Å². The van der Waals surface area contributed by atoms with Crippen LogP contribution in [0.3, 0.4) is 0 Å². The fraction of sp³-hybridized carbons (Fsp3) is 1.00. The molecule has 0 aliphatic rings. The maximum absolute atomic E-state index is 10.8. The molecule has 0 aliphatic heterocycles. The third kappa shape index (κ3) is 2.07. The van der Waals surface area contributed by atoms with Gasteiger partial charge in [-0.25, -0.2) is 0 Å². The Kier molecular flexibility index (Phi) is 2.43. The van der Waals surface area contributed by atoms with Gasteiger partial charge in [0.15, 0.2) is 0 Å². The van der Waals surface area contributed by atoms with E-state index in [-0.39, 0.29) is 0 Å². The van der Waals surface area contributed by atoms with Crippen LogP contribution in [0.25, 0.3) is 0 Å². The van der Waals surface area contributed by atoms with Gasteiger partial charge in [-0.2, -0.15) is 8.42 Å². The van der Waals surface area contributed by atoms with E-state index >= 15 is 0 Å². The molecule has 0 atom stereocenters. The van der Waals surface area contributed by atoms with Gasteiger partial charge in [-0.15, -0.1) is 0 Å². The van der Waals surface area contributed by atoms with Crippen molar-refractivity contribution in [3.63, 3.8) is 0 Å². The molecule has 0 heterocycles. The zero-order chi connectivity index (χ0) is 7.71. The van der Waals surface area contributed by atoms with Crippen molar-refractivity contribution in [3.05, 3.63) is 0 Å². The van der Waals surface area contributed by atoms with Crippen LogP contribution in [0.1, 0.15) is 13.8 Å². The fourth-order valence-corrected chi connectivity index (χ4v) is 1.25. The molecule has 0 aromatic carbocycles. The lowest BCUT2D eigenvalue weighted by molar-refractivity contribution is 0.386. The van der Waals surface area contributed by atoms with Crippen LogP contribution < -0.4 is 0 Å². The first kappa shape index (κ1) is 9.13. The first-order valence-corrected chi connectivity index (χ1v) is 5.02. The number of hydrogen-bond donors (Lipinski definition) is 0. The topological polar surface area (TPSA) is 43.4 Å². The molecule has 0 saturated carbocycles. The van der Waals surface area contributed by atoms with Gasteiger partial charge in [0.05, 0.1) is 11.5 Å². The zero-order valence-corrected chi connectivity index (χ0v) is 8.95. The summed E-state index contributed by atoms with van der Waals surface area (Å²) in [6.07, 6.45) is 0. The molecule has 0 aromatic heterocycles. The fourth-order valence-electron chi connectivity index (χ4n) is 0.250. The Morgan fingerprint density at radius 3 is 1.78 bits per heavy atom. The Labute approximate surface area is 59.0 Å². The van der Waals surface area contributed by atoms with E-state index in [0.717, 1.165) is 0 Å². The zero-order valence-electron chi connectivity index (χ0n) is 6.13. The molecule has 3 nitrogen and oxygen atoms in total. The molecule has 0 bridgehead atoms. The van der Waals surface area contributed by atoms with E-state index in [9.17, 15) is 8.42 Å². The van der Waals surface area contributed by atoms with Crippen LogP contribution in [0, 0.1) is 0 Å². The molecular weight excluding hydrogens is 156 g/mol. The molecule has 0 saturated heterocycles. The average molecular weight is 168 g/mol. The van der Waals surface area contributed by atoms with E-state index in [2.05, 4.69) is 4.18 Å². The minimum Gasteiger partial charge on any atom is -0.273 e. The molecule has 9 heavy (non-hydrogen) atoms. The quantitative estimate of drug-likeness (QED) is 0.395. The third-order valence-electron chi connectivity index (χ3n) is 0.969. The molecule has 0 N–H and O–H groups in total. The molecule has 0 amide bonds. The van der Waals surface area contributed by atoms with Crippen molar-refractivity contribution in [2.75, 3.05) is 7.11 Å². The highest BCUT2D eigenvalue weighted by molar-refractivity contribution is 7.89. The van der Waals surface area contributed by atoms with Gasteiger partial charge in [-0.3, -0.25) is 4.18 Å². The molecule has 0 rings (SSSR count). The summed E-state index contributed by atoms with van der Waals surface area (Å²) < 4.78 is 25.3. The first-order valence-electron chi connectivity index (χ1n) is 2.61. The molecule has 0 fully saturated rings. The molecule has 0 aliphatic carbocycles. The molecule has 0 unspecified atom stereocenters. The Hall–Kier alpha value is 0.127. The lowest BCUT2D eigenvalue weighted by Crippen LogP contribution is -2.32. The van der Waals surface area contributed by atoms with E-state index in [1.807, 2.05) is 0 Å². The van der Waals surface area contributed by atoms with Gasteiger partial charge in [0, 0.05) is 10.2 Å². The maximum atomic E-state index is 10.8. The van der Waals surface area contributed by atoms with E-state index in [1.54, 1.807) is 13.8 Å². The van der Waals surface area contributed by atoms with Crippen molar-refractivity contribution in [2.24, 2.45) is 0 Å². The molecule has 0 aromatic rings. The van der Waals surface area contributed by atoms with Crippen molar-refractivity contribution in [1.82, 2.24) is 0 Å². The standard InChI is InChI=1S/C4H12O3SSi/c1-4(2,9)8(5,6)7-3/h1-3,9H3. The smallest absolute Gasteiger partial charge is 0.268 e. The van der Waals surface area contributed by atoms with E-state index in [1.165, 1.54) is 7.11 Å². The first-order chi connectivity index (χ1) is 3.81. The van der Waals surface area contributed by atoms with Crippen LogP contribution in [0.4, 0.5) is 0 Å². The van der Waals surface area contributed by atoms with Gasteiger partial charge < -0.3 is 0 Å². The Morgan fingerprint density at radius 1 is 1.44 bits per heavy atom. The molecule has 0 spiro atoms. The van der Waals surface area contributed by atoms with Gasteiger partial charge in [-0.1, -0.05) is 0 Å². The summed E-state index contributed by atoms with van der Waals surface area (Å²) in [5, 5.41) is 0. The van der Waals surface area contributed by atoms with Crippen molar-refractivity contribution in [2.45, 2.75) is 18.2 Å². The van der Waals surface area contributed by atoms with Crippen LogP contribution in [0.15, 0.2) is 0 Å². The van der Waals surface area contributed by atoms with Gasteiger partial charge in [0.2, 0.25) is 0 Å². The number of hydrogen-bond acceptors (Lipinski definition) is 3. The Bertz CT molecular complexity index is 176. The maximum Gasteiger partial charge on any atom is 0.268 e. The van der Waals surface area contributed by atoms with E-state index < -0.39 is 14.5 Å². The molecular formula is C4H12O3SSi. The second-order valence-corrected chi connectivity index (χ2v) is 8.42. The minimum atomic E-state index is -3.27. The summed E-state index contributed by atoms with van der Waals surface area (Å²) in [6, 6.07) is 0. The summed E-state index contributed by atoms with van der Waals surface area (Å²) in [4.78, 5) is 0. The number of rotatable bonds is 2. The summed E-state index contributed by atoms with van der Waals surface area (Å²) in [6.45, 7) is 3.30. The van der Waals surface area contributed by atoms with Gasteiger partial charge in [0.1, 0.15) is 0 Å². The molecule has 56 valence electrons. The minimum absolute atomic E-state index is 0.583. The SMILES string of the molecule is COS(=O)(=O)C(C)(C)[SiH3]. The van der Waals surface area contributed by atoms with Gasteiger partial charge in [-0.05, 0) is 13.8 Å².